The summed E-state index contributed by atoms with van der Waals surface area (Å²) < 4.78 is 1.43. The van der Waals surface area contributed by atoms with E-state index in [-0.39, 0.29) is 16.3 Å². The van der Waals surface area contributed by atoms with E-state index in [0.717, 1.165) is 22.2 Å². The maximum atomic E-state index is 12.0. The third kappa shape index (κ3) is 3.02. The standard InChI is InChI=1S/C14H11ClN2O2S2/c15-10-3-1-2-4-11(10)21-12-13(18)16-17(14(12)19)7-9-5-6-20-8-9/h1-6,8,19H,7H2,(H,16,18). The van der Waals surface area contributed by atoms with Gasteiger partial charge in [0, 0.05) is 4.90 Å². The van der Waals surface area contributed by atoms with Crippen molar-refractivity contribution in [1.82, 2.24) is 9.78 Å². The number of nitrogens with one attached hydrogen (secondary N) is 1. The third-order valence-electron chi connectivity index (χ3n) is 2.87. The minimum absolute atomic E-state index is 0.0730. The summed E-state index contributed by atoms with van der Waals surface area (Å²) in [5.41, 5.74) is 0.698. The molecule has 0 radical (unpaired) electrons. The summed E-state index contributed by atoms with van der Waals surface area (Å²) in [7, 11) is 0. The molecular weight excluding hydrogens is 328 g/mol. The highest BCUT2D eigenvalue weighted by atomic mass is 35.5. The Morgan fingerprint density at radius 2 is 2.14 bits per heavy atom. The summed E-state index contributed by atoms with van der Waals surface area (Å²) in [4.78, 5) is 13.0. The molecule has 0 fully saturated rings. The van der Waals surface area contributed by atoms with Crippen molar-refractivity contribution in [2.45, 2.75) is 16.3 Å². The molecule has 21 heavy (non-hydrogen) atoms. The topological polar surface area (TPSA) is 58.0 Å². The normalized spacial score (nSPS) is 10.9. The van der Waals surface area contributed by atoms with Gasteiger partial charge >= 0.3 is 0 Å². The van der Waals surface area contributed by atoms with Gasteiger partial charge in [0.1, 0.15) is 4.90 Å². The second-order valence-electron chi connectivity index (χ2n) is 4.34. The molecule has 4 nitrogen and oxygen atoms in total. The van der Waals surface area contributed by atoms with Crippen molar-refractivity contribution in [3.05, 3.63) is 62.0 Å². The molecule has 3 aromatic rings. The largest absolute Gasteiger partial charge is 0.493 e. The summed E-state index contributed by atoms with van der Waals surface area (Å²) in [5, 5.41) is 17.3. The number of aromatic hydroxyl groups is 1. The van der Waals surface area contributed by atoms with Gasteiger partial charge in [0.05, 0.1) is 11.6 Å². The maximum Gasteiger partial charge on any atom is 0.282 e. The van der Waals surface area contributed by atoms with Crippen LogP contribution >= 0.6 is 34.7 Å². The molecule has 0 bridgehead atoms. The Labute approximate surface area is 134 Å². The predicted molar refractivity (Wildman–Crippen MR) is 85.7 cm³/mol. The van der Waals surface area contributed by atoms with E-state index in [9.17, 15) is 9.90 Å². The van der Waals surface area contributed by atoms with Crippen molar-refractivity contribution in [2.24, 2.45) is 0 Å². The van der Waals surface area contributed by atoms with Gasteiger partial charge in [-0.3, -0.25) is 9.89 Å². The molecule has 2 aromatic heterocycles. The van der Waals surface area contributed by atoms with Gasteiger partial charge in [-0.1, -0.05) is 35.5 Å². The van der Waals surface area contributed by atoms with Crippen LogP contribution in [0.1, 0.15) is 5.56 Å². The highest BCUT2D eigenvalue weighted by molar-refractivity contribution is 7.99. The molecule has 2 heterocycles. The van der Waals surface area contributed by atoms with E-state index in [0.29, 0.717) is 11.6 Å². The smallest absolute Gasteiger partial charge is 0.282 e. The SMILES string of the molecule is O=c1[nH]n(Cc2ccsc2)c(O)c1Sc1ccccc1Cl. The molecule has 3 rings (SSSR count). The second kappa shape index (κ2) is 6.01. The highest BCUT2D eigenvalue weighted by Gasteiger charge is 2.16. The van der Waals surface area contributed by atoms with Crippen LogP contribution in [0.25, 0.3) is 0 Å². The quantitative estimate of drug-likeness (QED) is 0.760. The zero-order valence-electron chi connectivity index (χ0n) is 10.7. The van der Waals surface area contributed by atoms with Gasteiger partial charge in [0.2, 0.25) is 5.88 Å². The zero-order chi connectivity index (χ0) is 14.8. The van der Waals surface area contributed by atoms with Crippen molar-refractivity contribution in [3.8, 4) is 5.88 Å². The first-order chi connectivity index (χ1) is 10.1. The number of H-pyrrole nitrogens is 1. The summed E-state index contributed by atoms with van der Waals surface area (Å²) in [6.07, 6.45) is 0. The number of benzene rings is 1. The lowest BCUT2D eigenvalue weighted by Gasteiger charge is -2.04. The minimum Gasteiger partial charge on any atom is -0.493 e. The lowest BCUT2D eigenvalue weighted by Crippen LogP contribution is -2.06. The number of halogens is 1. The average Bonchev–Trinajstić information content (AvgIpc) is 3.05. The van der Waals surface area contributed by atoms with E-state index < -0.39 is 0 Å². The van der Waals surface area contributed by atoms with Crippen LogP contribution in [0.3, 0.4) is 0 Å². The number of hydrogen-bond acceptors (Lipinski definition) is 4. The molecule has 0 atom stereocenters. The zero-order valence-corrected chi connectivity index (χ0v) is 13.1. The van der Waals surface area contributed by atoms with Crippen molar-refractivity contribution in [2.75, 3.05) is 0 Å². The van der Waals surface area contributed by atoms with Gasteiger partial charge in [-0.15, -0.1) is 0 Å². The lowest BCUT2D eigenvalue weighted by atomic mass is 10.3. The van der Waals surface area contributed by atoms with Crippen molar-refractivity contribution < 1.29 is 5.11 Å². The minimum atomic E-state index is -0.326. The van der Waals surface area contributed by atoms with Crippen molar-refractivity contribution in [1.29, 1.82) is 0 Å². The van der Waals surface area contributed by atoms with Crippen LogP contribution in [0, 0.1) is 0 Å². The number of aromatic amines is 1. The van der Waals surface area contributed by atoms with E-state index in [1.165, 1.54) is 4.68 Å². The van der Waals surface area contributed by atoms with Gasteiger partial charge in [0.25, 0.3) is 5.56 Å². The Bertz CT molecular complexity index is 809. The molecule has 2 N–H and O–H groups in total. The van der Waals surface area contributed by atoms with Crippen LogP contribution in [-0.2, 0) is 6.54 Å². The Morgan fingerprint density at radius 1 is 1.33 bits per heavy atom. The molecule has 0 unspecified atom stereocenters. The van der Waals surface area contributed by atoms with Gasteiger partial charge in [-0.2, -0.15) is 11.3 Å². The molecular formula is C14H11ClN2O2S2. The summed E-state index contributed by atoms with van der Waals surface area (Å²) in [5.74, 6) is -0.0730. The lowest BCUT2D eigenvalue weighted by molar-refractivity contribution is 0.399. The van der Waals surface area contributed by atoms with Crippen LogP contribution in [0.4, 0.5) is 0 Å². The number of hydrogen-bond donors (Lipinski definition) is 2. The van der Waals surface area contributed by atoms with E-state index >= 15 is 0 Å². The van der Waals surface area contributed by atoms with Crippen LogP contribution in [0.2, 0.25) is 5.02 Å². The molecule has 0 saturated carbocycles. The number of rotatable bonds is 4. The van der Waals surface area contributed by atoms with E-state index in [4.69, 9.17) is 11.6 Å². The summed E-state index contributed by atoms with van der Waals surface area (Å²) in [6, 6.07) is 9.16. The Balaban J connectivity index is 1.91. The van der Waals surface area contributed by atoms with Crippen LogP contribution < -0.4 is 5.56 Å². The highest BCUT2D eigenvalue weighted by Crippen LogP contribution is 2.35. The van der Waals surface area contributed by atoms with E-state index in [2.05, 4.69) is 5.10 Å². The third-order valence-corrected chi connectivity index (χ3v) is 5.19. The number of aromatic nitrogens is 2. The molecule has 0 spiro atoms. The molecule has 0 aliphatic carbocycles. The Kier molecular flexibility index (Phi) is 4.10. The van der Waals surface area contributed by atoms with E-state index in [1.807, 2.05) is 35.0 Å². The number of thiophene rings is 1. The summed E-state index contributed by atoms with van der Waals surface area (Å²) in [6.45, 7) is 0.424. The summed E-state index contributed by atoms with van der Waals surface area (Å²) >= 11 is 8.81. The predicted octanol–water partition coefficient (Wildman–Crippen LogP) is 3.80. The number of nitrogens with zero attached hydrogens (tertiary/aromatic N) is 1. The molecule has 0 saturated heterocycles. The second-order valence-corrected chi connectivity index (χ2v) is 6.58. The average molecular weight is 339 g/mol. The molecule has 0 amide bonds. The molecule has 7 heteroatoms. The first-order valence-corrected chi connectivity index (χ1v) is 8.24. The molecule has 0 aliphatic rings. The van der Waals surface area contributed by atoms with Crippen molar-refractivity contribution in [3.63, 3.8) is 0 Å². The monoisotopic (exact) mass is 338 g/mol. The fourth-order valence-electron chi connectivity index (χ4n) is 1.86. The van der Waals surface area contributed by atoms with Crippen LogP contribution in [0.15, 0.2) is 55.7 Å². The first-order valence-electron chi connectivity index (χ1n) is 6.10. The van der Waals surface area contributed by atoms with E-state index in [1.54, 1.807) is 17.4 Å². The van der Waals surface area contributed by atoms with Gasteiger partial charge in [0.15, 0.2) is 0 Å². The van der Waals surface area contributed by atoms with Gasteiger partial charge in [-0.05, 0) is 34.5 Å². The van der Waals surface area contributed by atoms with Gasteiger partial charge in [-0.25, -0.2) is 4.68 Å². The Hall–Kier alpha value is -1.63. The van der Waals surface area contributed by atoms with Crippen LogP contribution in [-0.4, -0.2) is 14.9 Å². The first kappa shape index (κ1) is 14.3. The van der Waals surface area contributed by atoms with Gasteiger partial charge < -0.3 is 5.11 Å². The fourth-order valence-corrected chi connectivity index (χ4v) is 3.64. The maximum absolute atomic E-state index is 12.0. The molecule has 1 aromatic carbocycles. The molecule has 108 valence electrons. The fraction of sp³-hybridized carbons (Fsp3) is 0.0714. The van der Waals surface area contributed by atoms with Crippen molar-refractivity contribution >= 4 is 34.7 Å². The Morgan fingerprint density at radius 3 is 2.86 bits per heavy atom. The van der Waals surface area contributed by atoms with Crippen LogP contribution in [0.5, 0.6) is 5.88 Å². The molecule has 0 aliphatic heterocycles.